The van der Waals surface area contributed by atoms with Crippen LogP contribution < -0.4 is 5.73 Å². The van der Waals surface area contributed by atoms with Gasteiger partial charge >= 0.3 is 0 Å². The topological polar surface area (TPSA) is 69.8 Å². The van der Waals surface area contributed by atoms with Crippen LogP contribution in [0.2, 0.25) is 0 Å². The van der Waals surface area contributed by atoms with Crippen molar-refractivity contribution in [3.8, 4) is 0 Å². The zero-order valence-electron chi connectivity index (χ0n) is 9.69. The molecule has 1 aliphatic carbocycles. The molecule has 16 heavy (non-hydrogen) atoms. The number of carbonyl (C=O) groups is 1. The fraction of sp³-hybridized carbons (Fsp3) is 0.909. The molecule has 5 heteroatoms. The number of carbonyl (C=O) groups excluding carboxylic acids is 1. The van der Waals surface area contributed by atoms with Crippen molar-refractivity contribution in [2.24, 2.45) is 11.1 Å². The summed E-state index contributed by atoms with van der Waals surface area (Å²) >= 11 is 0. The SMILES string of the molecule is NCC1(C(=O)N2CCN(CCO)CC2)CC1. The lowest BCUT2D eigenvalue weighted by Gasteiger charge is -2.36. The van der Waals surface area contributed by atoms with Crippen LogP contribution in [-0.2, 0) is 4.79 Å². The molecular formula is C11H21N3O2. The monoisotopic (exact) mass is 227 g/mol. The van der Waals surface area contributed by atoms with E-state index < -0.39 is 0 Å². The number of nitrogens with two attached hydrogens (primary N) is 1. The van der Waals surface area contributed by atoms with E-state index in [-0.39, 0.29) is 17.9 Å². The number of rotatable bonds is 4. The number of hydrogen-bond acceptors (Lipinski definition) is 4. The normalized spacial score (nSPS) is 24.5. The van der Waals surface area contributed by atoms with E-state index in [0.29, 0.717) is 13.1 Å². The van der Waals surface area contributed by atoms with Gasteiger partial charge in [0.2, 0.25) is 5.91 Å². The minimum atomic E-state index is -0.209. The van der Waals surface area contributed by atoms with Gasteiger partial charge in [0.15, 0.2) is 0 Å². The lowest BCUT2D eigenvalue weighted by molar-refractivity contribution is -0.138. The van der Waals surface area contributed by atoms with Gasteiger partial charge in [-0.2, -0.15) is 0 Å². The van der Waals surface area contributed by atoms with Gasteiger partial charge in [-0.05, 0) is 12.8 Å². The maximum atomic E-state index is 12.2. The molecule has 0 radical (unpaired) electrons. The van der Waals surface area contributed by atoms with Crippen molar-refractivity contribution >= 4 is 5.91 Å². The largest absolute Gasteiger partial charge is 0.395 e. The summed E-state index contributed by atoms with van der Waals surface area (Å²) < 4.78 is 0. The van der Waals surface area contributed by atoms with Crippen LogP contribution in [0.25, 0.3) is 0 Å². The fourth-order valence-electron chi connectivity index (χ4n) is 2.31. The summed E-state index contributed by atoms with van der Waals surface area (Å²) in [4.78, 5) is 16.3. The predicted molar refractivity (Wildman–Crippen MR) is 60.8 cm³/mol. The van der Waals surface area contributed by atoms with E-state index in [0.717, 1.165) is 39.0 Å². The average molecular weight is 227 g/mol. The highest BCUT2D eigenvalue weighted by molar-refractivity contribution is 5.85. The second-order valence-electron chi connectivity index (χ2n) is 4.84. The van der Waals surface area contributed by atoms with Crippen LogP contribution in [0, 0.1) is 5.41 Å². The first-order valence-electron chi connectivity index (χ1n) is 6.04. The first kappa shape index (κ1) is 11.8. The summed E-state index contributed by atoms with van der Waals surface area (Å²) in [6, 6.07) is 0. The molecule has 1 saturated heterocycles. The van der Waals surface area contributed by atoms with Gasteiger partial charge in [-0.3, -0.25) is 9.69 Å². The van der Waals surface area contributed by atoms with E-state index in [9.17, 15) is 4.79 Å². The van der Waals surface area contributed by atoms with Crippen LogP contribution >= 0.6 is 0 Å². The second-order valence-corrected chi connectivity index (χ2v) is 4.84. The van der Waals surface area contributed by atoms with Crippen LogP contribution in [0.15, 0.2) is 0 Å². The van der Waals surface area contributed by atoms with Crippen LogP contribution in [0.3, 0.4) is 0 Å². The molecule has 2 rings (SSSR count). The molecule has 0 aromatic rings. The lowest BCUT2D eigenvalue weighted by atomic mass is 10.1. The number of nitrogens with zero attached hydrogens (tertiary/aromatic N) is 2. The van der Waals surface area contributed by atoms with E-state index in [1.165, 1.54) is 0 Å². The number of aliphatic hydroxyl groups excluding tert-OH is 1. The zero-order valence-corrected chi connectivity index (χ0v) is 9.69. The maximum absolute atomic E-state index is 12.2. The van der Waals surface area contributed by atoms with Crippen LogP contribution in [0.1, 0.15) is 12.8 Å². The first-order chi connectivity index (χ1) is 7.72. The Balaban J connectivity index is 1.82. The number of piperazine rings is 1. The maximum Gasteiger partial charge on any atom is 0.230 e. The predicted octanol–water partition coefficient (Wildman–Crippen LogP) is -1.14. The third kappa shape index (κ3) is 2.21. The smallest absolute Gasteiger partial charge is 0.230 e. The van der Waals surface area contributed by atoms with Gasteiger partial charge in [0, 0.05) is 39.3 Å². The molecule has 2 fully saturated rings. The molecule has 92 valence electrons. The van der Waals surface area contributed by atoms with Crippen molar-refractivity contribution in [1.29, 1.82) is 0 Å². The van der Waals surface area contributed by atoms with Gasteiger partial charge in [-0.15, -0.1) is 0 Å². The molecule has 0 unspecified atom stereocenters. The van der Waals surface area contributed by atoms with Gasteiger partial charge < -0.3 is 15.7 Å². The Morgan fingerprint density at radius 2 is 1.88 bits per heavy atom. The van der Waals surface area contributed by atoms with Gasteiger partial charge in [-0.25, -0.2) is 0 Å². The van der Waals surface area contributed by atoms with Crippen LogP contribution in [-0.4, -0.2) is 66.7 Å². The van der Waals surface area contributed by atoms with Crippen molar-refractivity contribution in [1.82, 2.24) is 9.80 Å². The molecule has 2 aliphatic rings. The van der Waals surface area contributed by atoms with Crippen molar-refractivity contribution in [3.05, 3.63) is 0 Å². The van der Waals surface area contributed by atoms with Crippen molar-refractivity contribution < 1.29 is 9.90 Å². The molecule has 0 aromatic heterocycles. The van der Waals surface area contributed by atoms with Crippen LogP contribution in [0.4, 0.5) is 0 Å². The Labute approximate surface area is 96.2 Å². The van der Waals surface area contributed by atoms with Gasteiger partial charge in [0.05, 0.1) is 12.0 Å². The molecule has 1 saturated carbocycles. The second kappa shape index (κ2) is 4.69. The van der Waals surface area contributed by atoms with E-state index in [4.69, 9.17) is 10.8 Å². The molecule has 1 heterocycles. The molecule has 0 aromatic carbocycles. The number of amides is 1. The Morgan fingerprint density at radius 1 is 1.25 bits per heavy atom. The van der Waals surface area contributed by atoms with E-state index in [1.807, 2.05) is 4.90 Å². The average Bonchev–Trinajstić information content (AvgIpc) is 3.10. The quantitative estimate of drug-likeness (QED) is 0.637. The summed E-state index contributed by atoms with van der Waals surface area (Å²) in [5.74, 6) is 0.249. The minimum Gasteiger partial charge on any atom is -0.395 e. The number of aliphatic hydroxyl groups is 1. The summed E-state index contributed by atoms with van der Waals surface area (Å²) in [5.41, 5.74) is 5.45. The van der Waals surface area contributed by atoms with E-state index in [2.05, 4.69) is 4.90 Å². The van der Waals surface area contributed by atoms with Gasteiger partial charge in [-0.1, -0.05) is 0 Å². The third-order valence-corrected chi connectivity index (χ3v) is 3.77. The molecule has 0 bridgehead atoms. The molecule has 0 atom stereocenters. The van der Waals surface area contributed by atoms with Gasteiger partial charge in [0.25, 0.3) is 0 Å². The lowest BCUT2D eigenvalue weighted by Crippen LogP contribution is -2.52. The fourth-order valence-corrected chi connectivity index (χ4v) is 2.31. The Kier molecular flexibility index (Phi) is 3.47. The van der Waals surface area contributed by atoms with Crippen molar-refractivity contribution in [2.75, 3.05) is 45.9 Å². The Bertz CT molecular complexity index is 258. The summed E-state index contributed by atoms with van der Waals surface area (Å²) in [5, 5.41) is 8.83. The summed E-state index contributed by atoms with van der Waals surface area (Å²) in [6.45, 7) is 4.69. The molecular weight excluding hydrogens is 206 g/mol. The Hall–Kier alpha value is -0.650. The minimum absolute atomic E-state index is 0.195. The highest BCUT2D eigenvalue weighted by Crippen LogP contribution is 2.46. The summed E-state index contributed by atoms with van der Waals surface area (Å²) in [6.07, 6.45) is 1.92. The first-order valence-corrected chi connectivity index (χ1v) is 6.04. The molecule has 1 aliphatic heterocycles. The van der Waals surface area contributed by atoms with Crippen molar-refractivity contribution in [3.63, 3.8) is 0 Å². The van der Waals surface area contributed by atoms with E-state index >= 15 is 0 Å². The molecule has 3 N–H and O–H groups in total. The van der Waals surface area contributed by atoms with Crippen LogP contribution in [0.5, 0.6) is 0 Å². The molecule has 1 amide bonds. The highest BCUT2D eigenvalue weighted by atomic mass is 16.3. The van der Waals surface area contributed by atoms with Gasteiger partial charge in [0.1, 0.15) is 0 Å². The van der Waals surface area contributed by atoms with Crippen molar-refractivity contribution in [2.45, 2.75) is 12.8 Å². The summed E-state index contributed by atoms with van der Waals surface area (Å²) in [7, 11) is 0. The molecule has 0 spiro atoms. The number of hydrogen-bond donors (Lipinski definition) is 2. The standard InChI is InChI=1S/C11H21N3O2/c12-9-11(1-2-11)10(16)14-5-3-13(4-6-14)7-8-15/h15H,1-9,12H2. The highest BCUT2D eigenvalue weighted by Gasteiger charge is 2.50. The third-order valence-electron chi connectivity index (χ3n) is 3.77. The Morgan fingerprint density at radius 3 is 2.31 bits per heavy atom. The van der Waals surface area contributed by atoms with E-state index in [1.54, 1.807) is 0 Å². The zero-order chi connectivity index (χ0) is 11.6. The number of β-amino-alcohol motifs (C(OH)–C–C–N with tert-alkyl or cyclic N) is 1. The molecule has 5 nitrogen and oxygen atoms in total.